The molecule has 45 heavy (non-hydrogen) atoms. The molecule has 5 aromatic rings. The quantitative estimate of drug-likeness (QED) is 0.169. The van der Waals surface area contributed by atoms with Gasteiger partial charge in [0.25, 0.3) is 5.91 Å². The monoisotopic (exact) mass is 622 g/mol. The third-order valence-electron chi connectivity index (χ3n) is 7.34. The molecule has 6 rings (SSSR count). The van der Waals surface area contributed by atoms with E-state index in [0.717, 1.165) is 64.7 Å². The van der Waals surface area contributed by atoms with Crippen molar-refractivity contribution in [3.63, 3.8) is 0 Å². The zero-order chi connectivity index (χ0) is 32.1. The number of nitrogens with one attached hydrogen (secondary N) is 3. The highest BCUT2D eigenvalue weighted by atomic mass is 19.4. The fourth-order valence-electron chi connectivity index (χ4n) is 5.35. The first-order valence-corrected chi connectivity index (χ1v) is 14.4. The number of anilines is 1. The van der Waals surface area contributed by atoms with Gasteiger partial charge in [-0.15, -0.1) is 0 Å². The average Bonchev–Trinajstić information content (AvgIpc) is 3.67. The van der Waals surface area contributed by atoms with Crippen molar-refractivity contribution in [1.29, 1.82) is 0 Å². The molecule has 236 valence electrons. The number of aromatic amines is 2. The lowest BCUT2D eigenvalue weighted by Crippen LogP contribution is -2.42. The maximum atomic E-state index is 13.4. The van der Waals surface area contributed by atoms with E-state index in [1.165, 1.54) is 0 Å². The van der Waals surface area contributed by atoms with E-state index < -0.39 is 12.1 Å². The Morgan fingerprint density at radius 2 is 1.89 bits per heavy atom. The predicted molar refractivity (Wildman–Crippen MR) is 164 cm³/mol. The van der Waals surface area contributed by atoms with E-state index in [-0.39, 0.29) is 12.0 Å². The number of hydrogen-bond donors (Lipinski definition) is 4. The van der Waals surface area contributed by atoms with Gasteiger partial charge < -0.3 is 20.1 Å². The standard InChI is InChI=1S/C30H32N6O2.C2HF3O2/c1-19(2)13-22-18-36(11-12-38-22)17-21-5-3-8-27(33-21)30(37)34-28-14-20(15-29-25(28)16-32-35-29)23-6-4-7-26-24(23)9-10-31-26;3-2(4,5)1(6)7/h3-10,14-16,19,22,31H,11-13,17-18H2,1-2H3,(H,32,35)(H,34,37);(H,6,7). The van der Waals surface area contributed by atoms with E-state index in [2.05, 4.69) is 63.5 Å². The summed E-state index contributed by atoms with van der Waals surface area (Å²) < 4.78 is 37.7. The maximum Gasteiger partial charge on any atom is 0.490 e. The van der Waals surface area contributed by atoms with Crippen LogP contribution < -0.4 is 5.32 Å². The van der Waals surface area contributed by atoms with Crippen LogP contribution in [0.25, 0.3) is 32.9 Å². The van der Waals surface area contributed by atoms with Crippen LogP contribution in [0.1, 0.15) is 36.5 Å². The number of alkyl halides is 3. The summed E-state index contributed by atoms with van der Waals surface area (Å²) in [5.74, 6) is -2.40. The van der Waals surface area contributed by atoms with Crippen LogP contribution >= 0.6 is 0 Å². The summed E-state index contributed by atoms with van der Waals surface area (Å²) in [6.07, 6.45) is -0.114. The third kappa shape index (κ3) is 7.86. The molecule has 0 bridgehead atoms. The number of carbonyl (C=O) groups excluding carboxylic acids is 1. The smallest absolute Gasteiger partial charge is 0.475 e. The van der Waals surface area contributed by atoms with Crippen molar-refractivity contribution in [3.05, 3.63) is 78.4 Å². The van der Waals surface area contributed by atoms with Crippen LogP contribution in [0.3, 0.4) is 0 Å². The molecule has 4 N–H and O–H groups in total. The molecule has 2 aromatic carbocycles. The SMILES string of the molecule is CC(C)CC1CN(Cc2cccc(C(=O)Nc3cc(-c4cccc5[nH]ccc45)cc4[nH]ncc34)n2)CCO1.O=C(O)C(F)(F)F. The number of carboxylic acid groups (broad SMARTS) is 1. The van der Waals surface area contributed by atoms with Gasteiger partial charge in [0.15, 0.2) is 0 Å². The lowest BCUT2D eigenvalue weighted by molar-refractivity contribution is -0.192. The van der Waals surface area contributed by atoms with Gasteiger partial charge in [0.1, 0.15) is 5.69 Å². The molecule has 1 aliphatic rings. The zero-order valence-corrected chi connectivity index (χ0v) is 24.7. The van der Waals surface area contributed by atoms with Crippen molar-refractivity contribution in [2.24, 2.45) is 5.92 Å². The first-order valence-electron chi connectivity index (χ1n) is 14.4. The number of pyridine rings is 1. The first kappa shape index (κ1) is 31.7. The number of fused-ring (bicyclic) bond motifs is 2. The second-order valence-electron chi connectivity index (χ2n) is 11.2. The molecule has 4 heterocycles. The van der Waals surface area contributed by atoms with Gasteiger partial charge in [0.05, 0.1) is 35.8 Å². The van der Waals surface area contributed by atoms with Gasteiger partial charge in [-0.3, -0.25) is 14.8 Å². The van der Waals surface area contributed by atoms with Crippen LogP contribution in [0.4, 0.5) is 18.9 Å². The molecule has 0 saturated carbocycles. The summed E-state index contributed by atoms with van der Waals surface area (Å²) in [5.41, 5.74) is 5.96. The number of rotatable bonds is 7. The number of amides is 1. The topological polar surface area (TPSA) is 136 Å². The minimum absolute atomic E-state index is 0.244. The second kappa shape index (κ2) is 13.5. The molecule has 1 atom stereocenters. The van der Waals surface area contributed by atoms with Gasteiger partial charge in [0, 0.05) is 42.1 Å². The number of halogens is 3. The molecule has 0 spiro atoms. The Kier molecular flexibility index (Phi) is 9.49. The van der Waals surface area contributed by atoms with Gasteiger partial charge in [-0.1, -0.05) is 32.0 Å². The molecular formula is C32H33F3N6O4. The number of ether oxygens (including phenoxy) is 1. The largest absolute Gasteiger partial charge is 0.490 e. The molecule has 10 nitrogen and oxygen atoms in total. The Balaban J connectivity index is 0.000000515. The van der Waals surface area contributed by atoms with Crippen LogP contribution in [0.2, 0.25) is 0 Å². The van der Waals surface area contributed by atoms with Gasteiger partial charge in [-0.2, -0.15) is 18.3 Å². The number of carbonyl (C=O) groups is 2. The van der Waals surface area contributed by atoms with E-state index in [0.29, 0.717) is 23.8 Å². The number of morpholine rings is 1. The Hall–Kier alpha value is -4.75. The lowest BCUT2D eigenvalue weighted by atomic mass is 9.99. The number of H-pyrrole nitrogens is 2. The fraction of sp³-hybridized carbons (Fsp3) is 0.312. The minimum Gasteiger partial charge on any atom is -0.475 e. The molecule has 1 fully saturated rings. The van der Waals surface area contributed by atoms with Crippen molar-refractivity contribution >= 4 is 39.4 Å². The van der Waals surface area contributed by atoms with Crippen molar-refractivity contribution in [2.45, 2.75) is 39.1 Å². The van der Waals surface area contributed by atoms with E-state index >= 15 is 0 Å². The number of aromatic nitrogens is 4. The van der Waals surface area contributed by atoms with E-state index in [9.17, 15) is 18.0 Å². The fourth-order valence-corrected chi connectivity index (χ4v) is 5.35. The highest BCUT2D eigenvalue weighted by Gasteiger charge is 2.38. The molecular weight excluding hydrogens is 589 g/mol. The van der Waals surface area contributed by atoms with Crippen LogP contribution in [-0.4, -0.2) is 74.0 Å². The second-order valence-corrected chi connectivity index (χ2v) is 11.2. The van der Waals surface area contributed by atoms with Crippen molar-refractivity contribution < 1.29 is 32.6 Å². The van der Waals surface area contributed by atoms with Crippen molar-refractivity contribution in [1.82, 2.24) is 25.1 Å². The number of carboxylic acids is 1. The highest BCUT2D eigenvalue weighted by Crippen LogP contribution is 2.34. The van der Waals surface area contributed by atoms with Gasteiger partial charge in [-0.25, -0.2) is 9.78 Å². The summed E-state index contributed by atoms with van der Waals surface area (Å²) in [6, 6.07) is 17.9. The van der Waals surface area contributed by atoms with Crippen LogP contribution in [0.5, 0.6) is 0 Å². The number of hydrogen-bond acceptors (Lipinski definition) is 6. The summed E-state index contributed by atoms with van der Waals surface area (Å²) in [6.45, 7) is 7.62. The predicted octanol–water partition coefficient (Wildman–Crippen LogP) is 6.24. The van der Waals surface area contributed by atoms with Crippen molar-refractivity contribution in [2.75, 3.05) is 25.0 Å². The van der Waals surface area contributed by atoms with E-state index in [1.807, 2.05) is 30.5 Å². The average molecular weight is 623 g/mol. The van der Waals surface area contributed by atoms with Gasteiger partial charge >= 0.3 is 12.1 Å². The van der Waals surface area contributed by atoms with Crippen molar-refractivity contribution in [3.8, 4) is 11.1 Å². The number of benzene rings is 2. The molecule has 1 amide bonds. The van der Waals surface area contributed by atoms with Gasteiger partial charge in [-0.05, 0) is 59.9 Å². The Morgan fingerprint density at radius 3 is 2.64 bits per heavy atom. The highest BCUT2D eigenvalue weighted by molar-refractivity contribution is 6.09. The summed E-state index contributed by atoms with van der Waals surface area (Å²) >= 11 is 0. The molecule has 1 unspecified atom stereocenters. The molecule has 1 aliphatic heterocycles. The van der Waals surface area contributed by atoms with E-state index in [4.69, 9.17) is 19.6 Å². The Bertz CT molecular complexity index is 1800. The molecule has 0 radical (unpaired) electrons. The van der Waals surface area contributed by atoms with Crippen LogP contribution in [0.15, 0.2) is 67.0 Å². The van der Waals surface area contributed by atoms with Gasteiger partial charge in [0.2, 0.25) is 0 Å². The number of aliphatic carboxylic acids is 1. The molecule has 1 saturated heterocycles. The summed E-state index contributed by atoms with van der Waals surface area (Å²) in [4.78, 5) is 32.6. The number of nitrogens with zero attached hydrogens (tertiary/aromatic N) is 3. The molecule has 13 heteroatoms. The lowest BCUT2D eigenvalue weighted by Gasteiger charge is -2.33. The van der Waals surface area contributed by atoms with E-state index in [1.54, 1.807) is 12.3 Å². The molecule has 0 aliphatic carbocycles. The van der Waals surface area contributed by atoms with Crippen LogP contribution in [0, 0.1) is 5.92 Å². The minimum atomic E-state index is -5.08. The third-order valence-corrected chi connectivity index (χ3v) is 7.34. The summed E-state index contributed by atoms with van der Waals surface area (Å²) in [5, 5.41) is 19.5. The molecule has 3 aromatic heterocycles. The zero-order valence-electron chi connectivity index (χ0n) is 24.7. The Morgan fingerprint density at radius 1 is 1.11 bits per heavy atom. The Labute approximate surface area is 256 Å². The maximum absolute atomic E-state index is 13.4. The van der Waals surface area contributed by atoms with Crippen LogP contribution in [-0.2, 0) is 16.1 Å². The summed E-state index contributed by atoms with van der Waals surface area (Å²) in [7, 11) is 0. The first-order chi connectivity index (χ1) is 21.5. The normalized spacial score (nSPS) is 15.6.